The molecule has 0 N–H and O–H groups in total. The average molecular weight is 390 g/mol. The van der Waals surface area contributed by atoms with Gasteiger partial charge >= 0.3 is 0 Å². The summed E-state index contributed by atoms with van der Waals surface area (Å²) in [6.45, 7) is 4.23. The molecule has 0 unspecified atom stereocenters. The number of carbonyl (C=O) groups excluding carboxylic acids is 1. The van der Waals surface area contributed by atoms with Gasteiger partial charge in [0.2, 0.25) is 17.0 Å². The van der Waals surface area contributed by atoms with Gasteiger partial charge in [-0.25, -0.2) is 14.6 Å². The molecule has 2 aromatic heterocycles. The molecule has 0 radical (unpaired) electrons. The Morgan fingerprint density at radius 1 is 1.22 bits per heavy atom. The van der Waals surface area contributed by atoms with E-state index in [1.54, 1.807) is 23.1 Å². The smallest absolute Gasteiger partial charge is 0.233 e. The number of nitrogens with zero attached hydrogens (tertiary/aromatic N) is 8. The van der Waals surface area contributed by atoms with E-state index >= 15 is 0 Å². The lowest BCUT2D eigenvalue weighted by Gasteiger charge is -2.34. The van der Waals surface area contributed by atoms with E-state index < -0.39 is 0 Å². The summed E-state index contributed by atoms with van der Waals surface area (Å²) in [5, 5.41) is 12.5. The van der Waals surface area contributed by atoms with Gasteiger partial charge in [-0.05, 0) is 29.3 Å². The third-order valence-corrected chi connectivity index (χ3v) is 5.63. The summed E-state index contributed by atoms with van der Waals surface area (Å²) in [5.74, 6) is 1.14. The Balaban J connectivity index is 1.25. The molecule has 0 aliphatic carbocycles. The van der Waals surface area contributed by atoms with Crippen molar-refractivity contribution >= 4 is 23.6 Å². The summed E-state index contributed by atoms with van der Waals surface area (Å²) < 4.78 is 7.37. The Kier molecular flexibility index (Phi) is 5.78. The maximum Gasteiger partial charge on any atom is 0.233 e. The molecule has 2 aromatic rings. The van der Waals surface area contributed by atoms with Crippen molar-refractivity contribution in [1.29, 1.82) is 0 Å². The van der Waals surface area contributed by atoms with Gasteiger partial charge in [0, 0.05) is 45.2 Å². The number of thioether (sulfide) groups is 1. The van der Waals surface area contributed by atoms with Crippen LogP contribution in [0.5, 0.6) is 0 Å². The molecule has 0 spiro atoms. The van der Waals surface area contributed by atoms with Crippen molar-refractivity contribution < 1.29 is 9.53 Å². The molecular weight excluding hydrogens is 368 g/mol. The van der Waals surface area contributed by atoms with E-state index in [1.807, 2.05) is 4.90 Å². The Morgan fingerprint density at radius 2 is 2.04 bits per heavy atom. The van der Waals surface area contributed by atoms with Crippen LogP contribution in [0, 0.1) is 0 Å². The van der Waals surface area contributed by atoms with Crippen molar-refractivity contribution in [2.45, 2.75) is 30.6 Å². The first-order valence-corrected chi connectivity index (χ1v) is 10.1. The fourth-order valence-corrected chi connectivity index (χ4v) is 4.01. The Morgan fingerprint density at radius 3 is 2.78 bits per heavy atom. The van der Waals surface area contributed by atoms with Crippen LogP contribution in [0.25, 0.3) is 0 Å². The van der Waals surface area contributed by atoms with Crippen LogP contribution in [0.3, 0.4) is 0 Å². The number of anilines is 1. The van der Waals surface area contributed by atoms with Crippen LogP contribution in [0.1, 0.15) is 12.8 Å². The van der Waals surface area contributed by atoms with Crippen LogP contribution < -0.4 is 4.90 Å². The van der Waals surface area contributed by atoms with E-state index in [-0.39, 0.29) is 12.0 Å². The van der Waals surface area contributed by atoms with Crippen molar-refractivity contribution in [3.8, 4) is 0 Å². The van der Waals surface area contributed by atoms with Gasteiger partial charge in [-0.1, -0.05) is 11.8 Å². The molecule has 0 saturated carbocycles. The van der Waals surface area contributed by atoms with Crippen LogP contribution in [0.2, 0.25) is 0 Å². The molecule has 1 atom stereocenters. The summed E-state index contributed by atoms with van der Waals surface area (Å²) in [6, 6.07) is 1.80. The van der Waals surface area contributed by atoms with E-state index in [0.29, 0.717) is 36.5 Å². The van der Waals surface area contributed by atoms with Crippen molar-refractivity contribution in [1.82, 2.24) is 35.1 Å². The van der Waals surface area contributed by atoms with Crippen molar-refractivity contribution in [3.05, 3.63) is 18.5 Å². The minimum atomic E-state index is 0.0975. The Bertz CT molecular complexity index is 744. The summed E-state index contributed by atoms with van der Waals surface area (Å²) in [5.41, 5.74) is 0. The van der Waals surface area contributed by atoms with Crippen LogP contribution in [0.15, 0.2) is 23.6 Å². The number of hydrogen-bond donors (Lipinski definition) is 0. The minimum absolute atomic E-state index is 0.0975. The highest BCUT2D eigenvalue weighted by Crippen LogP contribution is 2.19. The molecule has 10 nitrogen and oxygen atoms in total. The highest BCUT2D eigenvalue weighted by molar-refractivity contribution is 7.99. The van der Waals surface area contributed by atoms with Crippen LogP contribution in [-0.2, 0) is 16.1 Å². The van der Waals surface area contributed by atoms with Crippen molar-refractivity contribution in [3.63, 3.8) is 0 Å². The van der Waals surface area contributed by atoms with Crippen molar-refractivity contribution in [2.24, 2.45) is 0 Å². The summed E-state index contributed by atoms with van der Waals surface area (Å²) in [4.78, 5) is 25.0. The topological polar surface area (TPSA) is 102 Å². The predicted octanol–water partition coefficient (Wildman–Crippen LogP) is 0.0830. The number of rotatable bonds is 6. The first kappa shape index (κ1) is 18.1. The van der Waals surface area contributed by atoms with Gasteiger partial charge in [-0.3, -0.25) is 4.79 Å². The second-order valence-electron chi connectivity index (χ2n) is 6.48. The largest absolute Gasteiger partial charge is 0.376 e. The zero-order valence-corrected chi connectivity index (χ0v) is 15.8. The lowest BCUT2D eigenvalue weighted by atomic mass is 10.2. The van der Waals surface area contributed by atoms with Gasteiger partial charge in [0.25, 0.3) is 0 Å². The van der Waals surface area contributed by atoms with Crippen molar-refractivity contribution in [2.75, 3.05) is 43.4 Å². The first-order chi connectivity index (χ1) is 13.3. The molecule has 144 valence electrons. The fraction of sp³-hybridized carbons (Fsp3) is 0.625. The third kappa shape index (κ3) is 4.53. The van der Waals surface area contributed by atoms with Gasteiger partial charge in [0.1, 0.15) is 0 Å². The maximum atomic E-state index is 12.5. The number of piperazine rings is 1. The number of tetrazole rings is 1. The quantitative estimate of drug-likeness (QED) is 0.635. The minimum Gasteiger partial charge on any atom is -0.376 e. The first-order valence-electron chi connectivity index (χ1n) is 9.10. The third-order valence-electron chi connectivity index (χ3n) is 4.69. The summed E-state index contributed by atoms with van der Waals surface area (Å²) in [7, 11) is 0. The number of aromatic nitrogens is 6. The average Bonchev–Trinajstić information content (AvgIpc) is 3.39. The second-order valence-corrected chi connectivity index (χ2v) is 7.43. The van der Waals surface area contributed by atoms with E-state index in [4.69, 9.17) is 4.74 Å². The van der Waals surface area contributed by atoms with E-state index in [2.05, 4.69) is 30.4 Å². The Labute approximate surface area is 161 Å². The second kappa shape index (κ2) is 8.61. The number of carbonyl (C=O) groups is 1. The standard InChI is InChI=1S/C16H22N8O2S/c25-14(22-6-8-23(9-7-22)15-17-4-2-5-18-15)12-27-16-19-20-21-24(16)11-13-3-1-10-26-13/h2,4-5,13H,1,3,6-12H2/t13-/m1/s1. The van der Waals surface area contributed by atoms with Crippen LogP contribution in [0.4, 0.5) is 5.95 Å². The van der Waals surface area contributed by atoms with Gasteiger partial charge < -0.3 is 14.5 Å². The summed E-state index contributed by atoms with van der Waals surface area (Å²) in [6.07, 6.45) is 5.73. The SMILES string of the molecule is O=C(CSc1nnnn1C[C@H]1CCCO1)N1CCN(c2ncccn2)CC1. The fourth-order valence-electron chi connectivity index (χ4n) is 3.22. The van der Waals surface area contributed by atoms with E-state index in [9.17, 15) is 4.79 Å². The maximum absolute atomic E-state index is 12.5. The van der Waals surface area contributed by atoms with Crippen LogP contribution in [-0.4, -0.2) is 85.6 Å². The predicted molar refractivity (Wildman–Crippen MR) is 98.3 cm³/mol. The number of ether oxygens (including phenoxy) is 1. The highest BCUT2D eigenvalue weighted by atomic mass is 32.2. The highest BCUT2D eigenvalue weighted by Gasteiger charge is 2.24. The van der Waals surface area contributed by atoms with Crippen LogP contribution >= 0.6 is 11.8 Å². The van der Waals surface area contributed by atoms with E-state index in [1.165, 1.54) is 11.8 Å². The lowest BCUT2D eigenvalue weighted by Crippen LogP contribution is -2.49. The molecule has 4 rings (SSSR count). The molecule has 4 heterocycles. The molecule has 2 saturated heterocycles. The molecule has 27 heavy (non-hydrogen) atoms. The molecule has 0 bridgehead atoms. The molecule has 2 aliphatic rings. The molecule has 2 fully saturated rings. The van der Waals surface area contributed by atoms with Gasteiger partial charge in [0.15, 0.2) is 0 Å². The molecule has 1 amide bonds. The van der Waals surface area contributed by atoms with Gasteiger partial charge in [-0.15, -0.1) is 5.10 Å². The zero-order chi connectivity index (χ0) is 18.5. The molecule has 0 aromatic carbocycles. The normalized spacial score (nSPS) is 20.2. The van der Waals surface area contributed by atoms with Gasteiger partial charge in [0.05, 0.1) is 18.4 Å². The zero-order valence-electron chi connectivity index (χ0n) is 15.0. The number of amides is 1. The summed E-state index contributed by atoms with van der Waals surface area (Å²) >= 11 is 1.38. The Hall–Kier alpha value is -2.27. The molecule has 11 heteroatoms. The van der Waals surface area contributed by atoms with E-state index in [0.717, 1.165) is 32.5 Å². The monoisotopic (exact) mass is 390 g/mol. The molecular formula is C16H22N8O2S. The molecule has 2 aliphatic heterocycles. The lowest BCUT2D eigenvalue weighted by molar-refractivity contribution is -0.128. The van der Waals surface area contributed by atoms with Gasteiger partial charge in [-0.2, -0.15) is 0 Å². The number of hydrogen-bond acceptors (Lipinski definition) is 9.